The van der Waals surface area contributed by atoms with E-state index in [0.717, 1.165) is 5.39 Å². The molecule has 126 valence electrons. The molecule has 0 aliphatic heterocycles. The lowest BCUT2D eigenvalue weighted by atomic mass is 10.2. The molecule has 0 N–H and O–H groups in total. The van der Waals surface area contributed by atoms with Crippen molar-refractivity contribution in [1.82, 2.24) is 14.5 Å². The monoisotopic (exact) mass is 355 g/mol. The third-order valence-corrected chi connectivity index (χ3v) is 3.60. The van der Waals surface area contributed by atoms with Gasteiger partial charge in [-0.2, -0.15) is 13.2 Å². The van der Waals surface area contributed by atoms with Crippen LogP contribution in [-0.4, -0.2) is 20.7 Å². The van der Waals surface area contributed by atoms with Crippen molar-refractivity contribution >= 4 is 22.5 Å². The summed E-state index contributed by atoms with van der Waals surface area (Å²) in [5.41, 5.74) is 0.707. The Morgan fingerprint density at radius 2 is 1.88 bits per heavy atom. The second-order valence-corrected chi connectivity index (χ2v) is 5.64. The van der Waals surface area contributed by atoms with Crippen molar-refractivity contribution in [3.05, 3.63) is 47.9 Å². The van der Waals surface area contributed by atoms with Crippen molar-refractivity contribution in [2.24, 2.45) is 0 Å². The fraction of sp³-hybridized carbons (Fsp3) is 0.250. The molecule has 0 amide bonds. The molecule has 0 radical (unpaired) electrons. The van der Waals surface area contributed by atoms with Crippen molar-refractivity contribution < 1.29 is 17.9 Å². The van der Waals surface area contributed by atoms with E-state index < -0.39 is 12.6 Å². The largest absolute Gasteiger partial charge is 0.422 e. The van der Waals surface area contributed by atoms with E-state index in [1.165, 1.54) is 12.4 Å². The molecular weight excluding hydrogens is 343 g/mol. The van der Waals surface area contributed by atoms with Crippen LogP contribution in [-0.2, 0) is 6.54 Å². The van der Waals surface area contributed by atoms with Gasteiger partial charge in [0.25, 0.3) is 0 Å². The Labute approximate surface area is 140 Å². The molecular formula is C16H13ClF3N3O. The molecule has 0 saturated heterocycles. The van der Waals surface area contributed by atoms with Crippen molar-refractivity contribution in [2.45, 2.75) is 25.6 Å². The fourth-order valence-electron chi connectivity index (χ4n) is 2.40. The van der Waals surface area contributed by atoms with Crippen LogP contribution in [0.1, 0.15) is 12.8 Å². The summed E-state index contributed by atoms with van der Waals surface area (Å²) < 4.78 is 44.4. The van der Waals surface area contributed by atoms with Crippen LogP contribution in [0.25, 0.3) is 10.9 Å². The molecule has 0 bridgehead atoms. The molecule has 4 nitrogen and oxygen atoms in total. The molecule has 24 heavy (non-hydrogen) atoms. The first-order chi connectivity index (χ1) is 11.4. The van der Waals surface area contributed by atoms with Crippen LogP contribution in [0.3, 0.4) is 0 Å². The van der Waals surface area contributed by atoms with E-state index >= 15 is 0 Å². The third-order valence-electron chi connectivity index (χ3n) is 3.41. The molecule has 0 aliphatic rings. The molecule has 0 saturated carbocycles. The number of fused-ring (bicyclic) bond motifs is 1. The fourth-order valence-corrected chi connectivity index (χ4v) is 2.49. The molecule has 0 atom stereocenters. The summed E-state index contributed by atoms with van der Waals surface area (Å²) in [6.45, 7) is 0.241. The van der Waals surface area contributed by atoms with Gasteiger partial charge in [0.15, 0.2) is 5.75 Å². The zero-order valence-corrected chi connectivity index (χ0v) is 13.2. The summed E-state index contributed by atoms with van der Waals surface area (Å²) in [6.07, 6.45) is -0.413. The molecule has 2 heterocycles. The molecule has 0 aliphatic carbocycles. The molecule has 0 fully saturated rings. The number of para-hydroxylation sites is 1. The van der Waals surface area contributed by atoms with Gasteiger partial charge in [-0.25, -0.2) is 9.97 Å². The molecule has 3 rings (SSSR count). The number of hydrogen-bond donors (Lipinski definition) is 0. The molecule has 0 spiro atoms. The smallest absolute Gasteiger partial charge is 0.389 e. The van der Waals surface area contributed by atoms with Crippen molar-refractivity contribution in [1.29, 1.82) is 0 Å². The van der Waals surface area contributed by atoms with Crippen molar-refractivity contribution in [3.63, 3.8) is 0 Å². The molecule has 2 aromatic heterocycles. The minimum absolute atomic E-state index is 0.000933. The number of rotatable bonds is 5. The number of aromatic nitrogens is 3. The van der Waals surface area contributed by atoms with Gasteiger partial charge in [0.2, 0.25) is 0 Å². The quantitative estimate of drug-likeness (QED) is 0.630. The summed E-state index contributed by atoms with van der Waals surface area (Å²) in [5.74, 6) is 0.479. The molecule has 1 aromatic carbocycles. The Morgan fingerprint density at radius 3 is 2.58 bits per heavy atom. The average Bonchev–Trinajstić information content (AvgIpc) is 2.93. The van der Waals surface area contributed by atoms with E-state index in [1.807, 2.05) is 12.1 Å². The highest BCUT2D eigenvalue weighted by molar-refractivity contribution is 6.30. The van der Waals surface area contributed by atoms with Gasteiger partial charge in [0, 0.05) is 24.5 Å². The number of nitrogens with zero attached hydrogens (tertiary/aromatic N) is 3. The maximum absolute atomic E-state index is 12.3. The standard InChI is InChI=1S/C16H13ClF3N3O/c17-12-9-21-15(22-10-12)24-13-4-1-3-11-5-8-23(14(11)13)7-2-6-16(18,19)20/h1,3-5,8-10H,2,6-7H2. The van der Waals surface area contributed by atoms with Crippen molar-refractivity contribution in [3.8, 4) is 11.8 Å². The number of alkyl halides is 3. The Hall–Kier alpha value is -2.28. The number of ether oxygens (including phenoxy) is 1. The van der Waals surface area contributed by atoms with Gasteiger partial charge in [-0.05, 0) is 18.6 Å². The maximum Gasteiger partial charge on any atom is 0.389 e. The van der Waals surface area contributed by atoms with E-state index in [1.54, 1.807) is 22.9 Å². The highest BCUT2D eigenvalue weighted by Crippen LogP contribution is 2.30. The SMILES string of the molecule is FC(F)(F)CCCn1ccc2cccc(Oc3ncc(Cl)cn3)c21. The first-order valence-electron chi connectivity index (χ1n) is 7.22. The summed E-state index contributed by atoms with van der Waals surface area (Å²) in [5, 5.41) is 1.25. The number of halogens is 4. The third kappa shape index (κ3) is 3.97. The van der Waals surface area contributed by atoms with E-state index in [4.69, 9.17) is 16.3 Å². The van der Waals surface area contributed by atoms with Crippen molar-refractivity contribution in [2.75, 3.05) is 0 Å². The van der Waals surface area contributed by atoms with Gasteiger partial charge in [-0.15, -0.1) is 0 Å². The highest BCUT2D eigenvalue weighted by Gasteiger charge is 2.26. The summed E-state index contributed by atoms with van der Waals surface area (Å²) in [7, 11) is 0. The summed E-state index contributed by atoms with van der Waals surface area (Å²) >= 11 is 5.73. The van der Waals surface area contributed by atoms with E-state index in [2.05, 4.69) is 9.97 Å². The summed E-state index contributed by atoms with van der Waals surface area (Å²) in [6, 6.07) is 7.34. The zero-order valence-electron chi connectivity index (χ0n) is 12.4. The number of aryl methyl sites for hydroxylation is 1. The lowest BCUT2D eigenvalue weighted by molar-refractivity contribution is -0.135. The lowest BCUT2D eigenvalue weighted by Gasteiger charge is -2.11. The van der Waals surface area contributed by atoms with Gasteiger partial charge in [0.05, 0.1) is 22.9 Å². The second-order valence-electron chi connectivity index (χ2n) is 5.21. The van der Waals surface area contributed by atoms with E-state index in [0.29, 0.717) is 16.3 Å². The lowest BCUT2D eigenvalue weighted by Crippen LogP contribution is -2.09. The van der Waals surface area contributed by atoms with Gasteiger partial charge in [-0.1, -0.05) is 23.7 Å². The predicted octanol–water partition coefficient (Wildman–Crippen LogP) is 5.22. The van der Waals surface area contributed by atoms with Gasteiger partial charge in [0.1, 0.15) is 0 Å². The first kappa shape index (κ1) is 16.6. The van der Waals surface area contributed by atoms with E-state index in [9.17, 15) is 13.2 Å². The zero-order chi connectivity index (χ0) is 17.2. The van der Waals surface area contributed by atoms with Gasteiger partial charge < -0.3 is 9.30 Å². The Balaban J connectivity index is 1.85. The Kier molecular flexibility index (Phi) is 4.62. The molecule has 0 unspecified atom stereocenters. The molecule has 8 heteroatoms. The predicted molar refractivity (Wildman–Crippen MR) is 84.3 cm³/mol. The Morgan fingerprint density at radius 1 is 1.12 bits per heavy atom. The van der Waals surface area contributed by atoms with Crippen LogP contribution >= 0.6 is 11.6 Å². The van der Waals surface area contributed by atoms with Crippen LogP contribution in [0.15, 0.2) is 42.9 Å². The average molecular weight is 356 g/mol. The van der Waals surface area contributed by atoms with Crippen LogP contribution in [0.2, 0.25) is 5.02 Å². The topological polar surface area (TPSA) is 39.9 Å². The van der Waals surface area contributed by atoms with Crippen LogP contribution in [0.5, 0.6) is 11.8 Å². The normalized spacial score (nSPS) is 11.8. The van der Waals surface area contributed by atoms with Gasteiger partial charge >= 0.3 is 12.2 Å². The van der Waals surface area contributed by atoms with Crippen LogP contribution in [0, 0.1) is 0 Å². The summed E-state index contributed by atoms with van der Waals surface area (Å²) in [4.78, 5) is 7.93. The number of hydrogen-bond acceptors (Lipinski definition) is 3. The molecule has 3 aromatic rings. The minimum Gasteiger partial charge on any atom is -0.422 e. The first-order valence-corrected chi connectivity index (χ1v) is 7.60. The van der Waals surface area contributed by atoms with E-state index in [-0.39, 0.29) is 19.0 Å². The van der Waals surface area contributed by atoms with Crippen LogP contribution < -0.4 is 4.74 Å². The maximum atomic E-state index is 12.3. The van der Waals surface area contributed by atoms with Crippen LogP contribution in [0.4, 0.5) is 13.2 Å². The Bertz CT molecular complexity index is 831. The number of benzene rings is 1. The minimum atomic E-state index is -4.15. The van der Waals surface area contributed by atoms with Gasteiger partial charge in [-0.3, -0.25) is 0 Å². The second kappa shape index (κ2) is 6.68. The highest BCUT2D eigenvalue weighted by atomic mass is 35.5.